The highest BCUT2D eigenvalue weighted by Gasteiger charge is 2.65. The number of unbranched alkanes of at least 4 members (excludes halogenated alkanes) is 1. The summed E-state index contributed by atoms with van der Waals surface area (Å²) in [5, 5.41) is 0. The quantitative estimate of drug-likeness (QED) is 0.265. The van der Waals surface area contributed by atoms with E-state index in [1.807, 2.05) is 0 Å². The van der Waals surface area contributed by atoms with Crippen molar-refractivity contribution in [2.45, 2.75) is 98.0 Å². The predicted octanol–water partition coefficient (Wildman–Crippen LogP) is 6.64. The Bertz CT molecular complexity index is 733. The van der Waals surface area contributed by atoms with E-state index in [2.05, 4.69) is 40.9 Å². The van der Waals surface area contributed by atoms with Crippen molar-refractivity contribution in [3.8, 4) is 0 Å². The van der Waals surface area contributed by atoms with Crippen LogP contribution in [-0.4, -0.2) is 24.1 Å². The lowest BCUT2D eigenvalue weighted by atomic mass is 9.42. The van der Waals surface area contributed by atoms with Crippen LogP contribution in [0.3, 0.4) is 0 Å². The van der Waals surface area contributed by atoms with Crippen molar-refractivity contribution >= 4 is 11.9 Å². The molecule has 0 radical (unpaired) electrons. The highest BCUT2D eigenvalue weighted by molar-refractivity contribution is 5.89. The van der Waals surface area contributed by atoms with Crippen molar-refractivity contribution in [2.24, 2.45) is 35.0 Å². The van der Waals surface area contributed by atoms with Crippen LogP contribution < -0.4 is 0 Å². The zero-order chi connectivity index (χ0) is 23.7. The van der Waals surface area contributed by atoms with Crippen molar-refractivity contribution in [2.75, 3.05) is 6.61 Å². The fraction of sp³-hybridized carbons (Fsp3) is 0.786. The Morgan fingerprint density at radius 1 is 1.06 bits per heavy atom. The Morgan fingerprint density at radius 3 is 2.19 bits per heavy atom. The van der Waals surface area contributed by atoms with Gasteiger partial charge in [0, 0.05) is 35.3 Å². The smallest absolute Gasteiger partial charge is 0.334 e. The third kappa shape index (κ3) is 4.84. The number of carbonyl (C=O) groups excluding carboxylic acids is 2. The molecule has 3 unspecified atom stereocenters. The van der Waals surface area contributed by atoms with Gasteiger partial charge in [-0.2, -0.15) is 0 Å². The molecule has 4 fully saturated rings. The van der Waals surface area contributed by atoms with Gasteiger partial charge in [0.25, 0.3) is 0 Å². The van der Waals surface area contributed by atoms with Gasteiger partial charge in [-0.3, -0.25) is 0 Å². The summed E-state index contributed by atoms with van der Waals surface area (Å²) in [5.41, 5.74) is 0.785. The minimum absolute atomic E-state index is 0.128. The number of esters is 2. The molecule has 0 spiro atoms. The fourth-order valence-corrected chi connectivity index (χ4v) is 7.47. The van der Waals surface area contributed by atoms with Crippen molar-refractivity contribution in [1.82, 2.24) is 0 Å². The highest BCUT2D eigenvalue weighted by Crippen LogP contribution is 2.67. The maximum atomic E-state index is 13.4. The minimum atomic E-state index is -0.434. The Labute approximate surface area is 195 Å². The molecule has 4 rings (SSSR count). The summed E-state index contributed by atoms with van der Waals surface area (Å²) in [6.07, 6.45) is 9.80. The SMILES string of the molecule is C=C(C)C(=O)OCCC(=C)C(=O)OC1(C(CCCC)C(C)C)C2CC3CC1CC(C)(C3)C2. The molecule has 0 aromatic carbocycles. The number of carbonyl (C=O) groups is 2. The van der Waals surface area contributed by atoms with Crippen LogP contribution in [-0.2, 0) is 19.1 Å². The van der Waals surface area contributed by atoms with E-state index in [1.54, 1.807) is 6.92 Å². The van der Waals surface area contributed by atoms with E-state index < -0.39 is 5.97 Å². The lowest BCUT2D eigenvalue weighted by molar-refractivity contribution is -0.246. The van der Waals surface area contributed by atoms with E-state index in [0.29, 0.717) is 46.7 Å². The van der Waals surface area contributed by atoms with Gasteiger partial charge in [-0.25, -0.2) is 9.59 Å². The first-order chi connectivity index (χ1) is 15.0. The number of hydrogen-bond donors (Lipinski definition) is 0. The van der Waals surface area contributed by atoms with Gasteiger partial charge in [-0.05, 0) is 62.7 Å². The van der Waals surface area contributed by atoms with Gasteiger partial charge in [0.05, 0.1) is 6.61 Å². The van der Waals surface area contributed by atoms with E-state index in [0.717, 1.165) is 18.8 Å². The van der Waals surface area contributed by atoms with Crippen LogP contribution >= 0.6 is 0 Å². The zero-order valence-corrected chi connectivity index (χ0v) is 21.0. The van der Waals surface area contributed by atoms with Gasteiger partial charge in [-0.15, -0.1) is 0 Å². The third-order valence-electron chi connectivity index (χ3n) is 8.57. The van der Waals surface area contributed by atoms with Crippen molar-refractivity contribution in [3.05, 3.63) is 24.3 Å². The molecule has 0 aromatic heterocycles. The summed E-state index contributed by atoms with van der Waals surface area (Å²) >= 11 is 0. The largest absolute Gasteiger partial charge is 0.462 e. The summed E-state index contributed by atoms with van der Waals surface area (Å²) in [4.78, 5) is 25.0. The van der Waals surface area contributed by atoms with Gasteiger partial charge in [-0.1, -0.05) is 53.7 Å². The Kier molecular flexibility index (Phi) is 7.62. The van der Waals surface area contributed by atoms with E-state index >= 15 is 0 Å². The monoisotopic (exact) mass is 444 g/mol. The molecule has 4 aliphatic carbocycles. The number of hydrogen-bond acceptors (Lipinski definition) is 4. The number of ether oxygens (including phenoxy) is 2. The molecule has 32 heavy (non-hydrogen) atoms. The standard InChI is InChI=1S/C28H44O4/c1-8-9-10-24(18(2)3)28(22-13-21-14-23(28)17-27(7,15-21)16-22)32-26(30)20(6)11-12-31-25(29)19(4)5/h18,21-24H,4,6,8-17H2,1-3,5,7H3. The molecule has 0 amide bonds. The van der Waals surface area contributed by atoms with E-state index in [9.17, 15) is 9.59 Å². The zero-order valence-electron chi connectivity index (χ0n) is 21.0. The molecule has 4 aliphatic rings. The normalized spacial score (nSPS) is 33.8. The van der Waals surface area contributed by atoms with Crippen LogP contribution in [0.2, 0.25) is 0 Å². The highest BCUT2D eigenvalue weighted by atomic mass is 16.6. The maximum absolute atomic E-state index is 13.4. The molecular weight excluding hydrogens is 400 g/mol. The van der Waals surface area contributed by atoms with Crippen LogP contribution in [0.4, 0.5) is 0 Å². The lowest BCUT2D eigenvalue weighted by Gasteiger charge is -2.66. The Hall–Kier alpha value is -1.58. The second kappa shape index (κ2) is 9.73. The molecule has 4 nitrogen and oxygen atoms in total. The van der Waals surface area contributed by atoms with Crippen LogP contribution in [0, 0.1) is 35.0 Å². The molecule has 3 atom stereocenters. The molecule has 0 aliphatic heterocycles. The molecule has 0 N–H and O–H groups in total. The molecule has 0 saturated heterocycles. The maximum Gasteiger partial charge on any atom is 0.334 e. The first kappa shape index (κ1) is 25.1. The molecular formula is C28H44O4. The second-order valence-electron chi connectivity index (χ2n) is 11.7. The van der Waals surface area contributed by atoms with Crippen molar-refractivity contribution < 1.29 is 19.1 Å². The van der Waals surface area contributed by atoms with E-state index in [-0.39, 0.29) is 18.2 Å². The molecule has 0 heterocycles. The molecule has 180 valence electrons. The summed E-state index contributed by atoms with van der Waals surface area (Å²) in [6, 6.07) is 0. The van der Waals surface area contributed by atoms with Crippen molar-refractivity contribution in [3.63, 3.8) is 0 Å². The fourth-order valence-electron chi connectivity index (χ4n) is 7.47. The molecule has 4 bridgehead atoms. The van der Waals surface area contributed by atoms with E-state index in [1.165, 1.54) is 38.5 Å². The van der Waals surface area contributed by atoms with Crippen molar-refractivity contribution in [1.29, 1.82) is 0 Å². The molecule has 4 heteroatoms. The van der Waals surface area contributed by atoms with Gasteiger partial charge in [0.2, 0.25) is 0 Å². The van der Waals surface area contributed by atoms with Crippen LogP contribution in [0.1, 0.15) is 92.4 Å². The van der Waals surface area contributed by atoms with Crippen LogP contribution in [0.25, 0.3) is 0 Å². The Morgan fingerprint density at radius 2 is 1.69 bits per heavy atom. The van der Waals surface area contributed by atoms with Gasteiger partial charge in [0.1, 0.15) is 5.60 Å². The minimum Gasteiger partial charge on any atom is -0.462 e. The van der Waals surface area contributed by atoms with E-state index in [4.69, 9.17) is 9.47 Å². The summed E-state index contributed by atoms with van der Waals surface area (Å²) in [7, 11) is 0. The second-order valence-corrected chi connectivity index (χ2v) is 11.7. The number of rotatable bonds is 11. The average molecular weight is 445 g/mol. The molecule has 4 saturated carbocycles. The first-order valence-electron chi connectivity index (χ1n) is 12.8. The summed E-state index contributed by atoms with van der Waals surface area (Å²) in [5.74, 6) is 1.78. The third-order valence-corrected chi connectivity index (χ3v) is 8.57. The average Bonchev–Trinajstić information content (AvgIpc) is 2.69. The molecule has 0 aromatic rings. The first-order valence-corrected chi connectivity index (χ1v) is 12.8. The van der Waals surface area contributed by atoms with Gasteiger partial charge >= 0.3 is 11.9 Å². The van der Waals surface area contributed by atoms with Crippen LogP contribution in [0.15, 0.2) is 24.3 Å². The van der Waals surface area contributed by atoms with Gasteiger partial charge < -0.3 is 9.47 Å². The van der Waals surface area contributed by atoms with Gasteiger partial charge in [0.15, 0.2) is 0 Å². The Balaban J connectivity index is 1.81. The summed E-state index contributed by atoms with van der Waals surface area (Å²) in [6.45, 7) is 18.6. The topological polar surface area (TPSA) is 52.6 Å². The summed E-state index contributed by atoms with van der Waals surface area (Å²) < 4.78 is 11.8. The van der Waals surface area contributed by atoms with Crippen LogP contribution in [0.5, 0.6) is 0 Å². The predicted molar refractivity (Wildman–Crippen MR) is 128 cm³/mol. The lowest BCUT2D eigenvalue weighted by Crippen LogP contribution is -2.66.